The van der Waals surface area contributed by atoms with Crippen LogP contribution < -0.4 is 0 Å². The van der Waals surface area contributed by atoms with Gasteiger partial charge in [-0.2, -0.15) is 0 Å². The second-order valence-corrected chi connectivity index (χ2v) is 16.6. The largest absolute Gasteiger partial charge is 0.113 e. The SMILES string of the molecule is CC1SC2=C(SC(=C3SC4=C(S3)SC(C)C(C)S4)S2)SC1C. The van der Waals surface area contributed by atoms with E-state index in [-0.39, 0.29) is 0 Å². The van der Waals surface area contributed by atoms with Crippen LogP contribution in [0, 0.1) is 0 Å². The van der Waals surface area contributed by atoms with Gasteiger partial charge in [-0.15, -0.1) is 47.0 Å². The van der Waals surface area contributed by atoms with Crippen molar-refractivity contribution in [3.63, 3.8) is 0 Å². The highest BCUT2D eigenvalue weighted by molar-refractivity contribution is 8.45. The zero-order valence-electron chi connectivity index (χ0n) is 12.6. The minimum atomic E-state index is 0.726. The maximum atomic E-state index is 2.36. The Morgan fingerprint density at radius 2 is 0.636 bits per heavy atom. The Hall–Kier alpha value is 2.02. The highest BCUT2D eigenvalue weighted by Gasteiger charge is 2.37. The van der Waals surface area contributed by atoms with Crippen LogP contribution >= 0.6 is 94.1 Å². The molecule has 0 spiro atoms. The molecule has 0 saturated carbocycles. The van der Waals surface area contributed by atoms with Gasteiger partial charge in [-0.05, 0) is 0 Å². The van der Waals surface area contributed by atoms with Crippen molar-refractivity contribution >= 4 is 94.1 Å². The van der Waals surface area contributed by atoms with Crippen LogP contribution in [-0.4, -0.2) is 21.0 Å². The highest BCUT2D eigenvalue weighted by atomic mass is 32.3. The van der Waals surface area contributed by atoms with Crippen molar-refractivity contribution in [2.45, 2.75) is 48.7 Å². The third kappa shape index (κ3) is 3.33. The zero-order chi connectivity index (χ0) is 15.4. The van der Waals surface area contributed by atoms with Gasteiger partial charge in [0.15, 0.2) is 0 Å². The summed E-state index contributed by atoms with van der Waals surface area (Å²) in [4.78, 5) is 0. The minimum absolute atomic E-state index is 0.726. The van der Waals surface area contributed by atoms with Crippen LogP contribution in [0.1, 0.15) is 27.7 Å². The van der Waals surface area contributed by atoms with E-state index in [0.29, 0.717) is 0 Å². The Bertz CT molecular complexity index is 504. The van der Waals surface area contributed by atoms with Crippen molar-refractivity contribution in [1.29, 1.82) is 0 Å². The fraction of sp³-hybridized carbons (Fsp3) is 0.571. The summed E-state index contributed by atoms with van der Waals surface area (Å²) in [5.74, 6) is 0. The molecule has 0 nitrogen and oxygen atoms in total. The van der Waals surface area contributed by atoms with Crippen LogP contribution in [0.15, 0.2) is 25.4 Å². The molecule has 0 bridgehead atoms. The molecule has 22 heavy (non-hydrogen) atoms. The third-order valence-electron chi connectivity index (χ3n) is 3.74. The lowest BCUT2D eigenvalue weighted by molar-refractivity contribution is 0.931. The highest BCUT2D eigenvalue weighted by Crippen LogP contribution is 2.69. The number of rotatable bonds is 0. The Kier molecular flexibility index (Phi) is 5.52. The van der Waals surface area contributed by atoms with Gasteiger partial charge in [-0.1, -0.05) is 74.7 Å². The molecule has 4 rings (SSSR count). The fourth-order valence-electron chi connectivity index (χ4n) is 2.06. The van der Waals surface area contributed by atoms with Crippen LogP contribution in [0.4, 0.5) is 0 Å². The molecule has 0 radical (unpaired) electrons. The van der Waals surface area contributed by atoms with Crippen LogP contribution in [0.25, 0.3) is 0 Å². The molecular formula is C14H16S8. The first-order valence-electron chi connectivity index (χ1n) is 7.12. The summed E-state index contributed by atoms with van der Waals surface area (Å²) < 4.78 is 9.26. The molecule has 0 aromatic heterocycles. The molecule has 0 aliphatic carbocycles. The lowest BCUT2D eigenvalue weighted by Crippen LogP contribution is -2.14. The summed E-state index contributed by atoms with van der Waals surface area (Å²) in [6.45, 7) is 9.44. The van der Waals surface area contributed by atoms with Gasteiger partial charge in [0.25, 0.3) is 0 Å². The first-order valence-corrected chi connectivity index (χ1v) is 13.9. The molecule has 0 N–H and O–H groups in total. The molecule has 4 aliphatic heterocycles. The number of thioether (sulfide) groups is 8. The zero-order valence-corrected chi connectivity index (χ0v) is 19.1. The lowest BCUT2D eigenvalue weighted by Gasteiger charge is -2.24. The Labute approximate surface area is 166 Å². The van der Waals surface area contributed by atoms with Gasteiger partial charge < -0.3 is 0 Å². The summed E-state index contributed by atoms with van der Waals surface area (Å²) in [5, 5.41) is 2.90. The average Bonchev–Trinajstić information content (AvgIpc) is 3.03. The topological polar surface area (TPSA) is 0 Å². The van der Waals surface area contributed by atoms with Crippen molar-refractivity contribution in [2.24, 2.45) is 0 Å². The van der Waals surface area contributed by atoms with E-state index in [1.165, 1.54) is 8.47 Å². The van der Waals surface area contributed by atoms with Gasteiger partial charge in [0, 0.05) is 21.0 Å². The molecule has 4 unspecified atom stereocenters. The molecule has 0 amide bonds. The first-order chi connectivity index (χ1) is 10.5. The summed E-state index contributed by atoms with van der Waals surface area (Å²) >= 11 is 16.4. The average molecular weight is 441 g/mol. The molecule has 0 fully saturated rings. The quantitative estimate of drug-likeness (QED) is 0.369. The Morgan fingerprint density at radius 3 is 0.864 bits per heavy atom. The Morgan fingerprint density at radius 1 is 0.409 bits per heavy atom. The van der Waals surface area contributed by atoms with Crippen molar-refractivity contribution in [3.8, 4) is 0 Å². The van der Waals surface area contributed by atoms with Gasteiger partial charge in [-0.3, -0.25) is 0 Å². The molecule has 120 valence electrons. The van der Waals surface area contributed by atoms with Crippen molar-refractivity contribution in [3.05, 3.63) is 25.4 Å². The number of hydrogen-bond donors (Lipinski definition) is 0. The summed E-state index contributed by atoms with van der Waals surface area (Å²) in [5.41, 5.74) is 0. The van der Waals surface area contributed by atoms with Gasteiger partial charge in [0.1, 0.15) is 0 Å². The van der Waals surface area contributed by atoms with Crippen LogP contribution in [-0.2, 0) is 0 Å². The molecule has 4 aliphatic rings. The summed E-state index contributed by atoms with van der Waals surface area (Å²) in [7, 11) is 0. The second-order valence-electron chi connectivity index (χ2n) is 5.42. The third-order valence-corrected chi connectivity index (χ3v) is 16.7. The van der Waals surface area contributed by atoms with Gasteiger partial charge in [0.05, 0.1) is 25.4 Å². The molecule has 4 atom stereocenters. The van der Waals surface area contributed by atoms with E-state index in [9.17, 15) is 0 Å². The first kappa shape index (κ1) is 17.4. The molecule has 4 heterocycles. The lowest BCUT2D eigenvalue weighted by atomic mass is 10.4. The smallest absolute Gasteiger partial charge is 0.0717 e. The van der Waals surface area contributed by atoms with Crippen molar-refractivity contribution < 1.29 is 0 Å². The van der Waals surface area contributed by atoms with Crippen LogP contribution in [0.2, 0.25) is 0 Å². The van der Waals surface area contributed by atoms with E-state index >= 15 is 0 Å². The maximum absolute atomic E-state index is 2.36. The van der Waals surface area contributed by atoms with E-state index < -0.39 is 0 Å². The van der Waals surface area contributed by atoms with Crippen molar-refractivity contribution in [1.82, 2.24) is 0 Å². The van der Waals surface area contributed by atoms with Gasteiger partial charge >= 0.3 is 0 Å². The summed E-state index contributed by atoms with van der Waals surface area (Å²) in [6.07, 6.45) is 0. The van der Waals surface area contributed by atoms with E-state index in [2.05, 4.69) is 74.7 Å². The minimum Gasteiger partial charge on any atom is -0.113 e. The maximum Gasteiger partial charge on any atom is 0.0717 e. The normalized spacial score (nSPS) is 38.7. The summed E-state index contributed by atoms with van der Waals surface area (Å²) in [6, 6.07) is 0. The predicted molar refractivity (Wildman–Crippen MR) is 120 cm³/mol. The van der Waals surface area contributed by atoms with E-state index in [4.69, 9.17) is 0 Å². The molecule has 0 aromatic carbocycles. The van der Waals surface area contributed by atoms with Gasteiger partial charge in [-0.25, -0.2) is 0 Å². The molecule has 0 aromatic rings. The molecular weight excluding hydrogens is 425 g/mol. The monoisotopic (exact) mass is 440 g/mol. The van der Waals surface area contributed by atoms with Gasteiger partial charge in [0.2, 0.25) is 0 Å². The van der Waals surface area contributed by atoms with E-state index in [1.807, 2.05) is 47.0 Å². The predicted octanol–water partition coefficient (Wildman–Crippen LogP) is 7.84. The van der Waals surface area contributed by atoms with E-state index in [0.717, 1.165) is 21.0 Å². The van der Waals surface area contributed by atoms with Crippen molar-refractivity contribution in [2.75, 3.05) is 0 Å². The molecule has 8 heteroatoms. The standard InChI is InChI=1S/C14H16S8/c1-5-6(2)16-10-9(15-5)19-13(20-10)14-21-11-12(22-14)18-8(4)7(3)17-11/h5-8H,1-4H3. The number of hydrogen-bond acceptors (Lipinski definition) is 8. The molecule has 0 saturated heterocycles. The van der Waals surface area contributed by atoms with Crippen LogP contribution in [0.5, 0.6) is 0 Å². The Balaban J connectivity index is 1.50. The fourth-order valence-corrected chi connectivity index (χ4v) is 15.3. The van der Waals surface area contributed by atoms with Crippen LogP contribution in [0.3, 0.4) is 0 Å². The van der Waals surface area contributed by atoms with E-state index in [1.54, 1.807) is 16.9 Å². The second kappa shape index (κ2) is 6.97.